The zero-order valence-electron chi connectivity index (χ0n) is 15.6. The van der Waals surface area contributed by atoms with E-state index in [0.717, 1.165) is 27.5 Å². The largest absolute Gasteiger partial charge is 0.507 e. The summed E-state index contributed by atoms with van der Waals surface area (Å²) in [6, 6.07) is 12.3. The van der Waals surface area contributed by atoms with E-state index < -0.39 is 5.91 Å². The number of nitrogens with two attached hydrogens (primary N) is 1. The third-order valence-corrected chi connectivity index (χ3v) is 5.02. The molecule has 0 saturated heterocycles. The van der Waals surface area contributed by atoms with E-state index in [-0.39, 0.29) is 11.3 Å². The number of ether oxygens (including phenoxy) is 2. The van der Waals surface area contributed by atoms with E-state index in [1.807, 2.05) is 34.2 Å². The van der Waals surface area contributed by atoms with Crippen LogP contribution in [0.5, 0.6) is 11.5 Å². The van der Waals surface area contributed by atoms with Crippen molar-refractivity contribution in [3.05, 3.63) is 58.2 Å². The summed E-state index contributed by atoms with van der Waals surface area (Å²) in [4.78, 5) is 17.1. The van der Waals surface area contributed by atoms with Crippen LogP contribution in [0.3, 0.4) is 0 Å². The monoisotopic (exact) mass is 399 g/mol. The summed E-state index contributed by atoms with van der Waals surface area (Å²) in [5, 5.41) is 11.8. The number of aromatic nitrogens is 1. The summed E-state index contributed by atoms with van der Waals surface area (Å²) in [6.07, 6.45) is 0. The number of aromatic hydroxyl groups is 1. The third-order valence-electron chi connectivity index (χ3n) is 4.15. The minimum absolute atomic E-state index is 0.0771. The first kappa shape index (κ1) is 19.7. The Morgan fingerprint density at radius 2 is 2.07 bits per heavy atom. The highest BCUT2D eigenvalue weighted by atomic mass is 32.1. The number of carbonyl (C=O) groups is 1. The third kappa shape index (κ3) is 4.24. The Morgan fingerprint density at radius 3 is 2.79 bits per heavy atom. The van der Waals surface area contributed by atoms with Crippen molar-refractivity contribution in [1.82, 2.24) is 4.57 Å². The number of amides is 1. The molecule has 28 heavy (non-hydrogen) atoms. The molecule has 7 nitrogen and oxygen atoms in total. The fraction of sp³-hybridized carbons (Fsp3) is 0.200. The number of thiazole rings is 1. The van der Waals surface area contributed by atoms with Crippen LogP contribution in [0.15, 0.2) is 52.8 Å². The Bertz CT molecular complexity index is 1060. The highest BCUT2D eigenvalue weighted by Crippen LogP contribution is 2.27. The lowest BCUT2D eigenvalue weighted by molar-refractivity contribution is 0.0998. The highest BCUT2D eigenvalue weighted by molar-refractivity contribution is 7.07. The van der Waals surface area contributed by atoms with Gasteiger partial charge in [-0.05, 0) is 30.3 Å². The standard InChI is InChI=1S/C20H21N3O4S/c1-26-9-8-23-17(13-6-7-18(24)16(10-13)19(21)25)12-28-20(23)22-14-4-3-5-15(11-14)27-2/h3-7,10-12,24H,8-9H2,1-2H3,(H2,21,25). The molecule has 3 aromatic rings. The van der Waals surface area contributed by atoms with Crippen LogP contribution >= 0.6 is 11.3 Å². The molecule has 0 aliphatic rings. The molecule has 8 heteroatoms. The Kier molecular flexibility index (Phi) is 6.13. The van der Waals surface area contributed by atoms with Crippen molar-refractivity contribution in [2.24, 2.45) is 10.7 Å². The van der Waals surface area contributed by atoms with Crippen LogP contribution < -0.4 is 15.3 Å². The van der Waals surface area contributed by atoms with Gasteiger partial charge < -0.3 is 24.9 Å². The molecule has 146 valence electrons. The first-order valence-electron chi connectivity index (χ1n) is 8.52. The second-order valence-electron chi connectivity index (χ2n) is 5.96. The molecule has 0 aliphatic heterocycles. The predicted molar refractivity (Wildman–Crippen MR) is 108 cm³/mol. The quantitative estimate of drug-likeness (QED) is 0.638. The topological polar surface area (TPSA) is 99.1 Å². The molecule has 3 rings (SSSR count). The maximum atomic E-state index is 11.6. The summed E-state index contributed by atoms with van der Waals surface area (Å²) >= 11 is 1.47. The lowest BCUT2D eigenvalue weighted by Gasteiger charge is -2.10. The number of methoxy groups -OCH3 is 2. The molecule has 0 aliphatic carbocycles. The Hall–Kier alpha value is -3.10. The molecular weight excluding hydrogens is 378 g/mol. The highest BCUT2D eigenvalue weighted by Gasteiger charge is 2.13. The summed E-state index contributed by atoms with van der Waals surface area (Å²) < 4.78 is 12.5. The van der Waals surface area contributed by atoms with Crippen molar-refractivity contribution in [1.29, 1.82) is 0 Å². The van der Waals surface area contributed by atoms with Crippen molar-refractivity contribution in [2.45, 2.75) is 6.54 Å². The van der Waals surface area contributed by atoms with Crippen LogP contribution in [0.2, 0.25) is 0 Å². The van der Waals surface area contributed by atoms with Crippen molar-refractivity contribution in [3.8, 4) is 22.8 Å². The predicted octanol–water partition coefficient (Wildman–Crippen LogP) is 2.91. The van der Waals surface area contributed by atoms with E-state index in [1.54, 1.807) is 26.4 Å². The molecule has 0 bridgehead atoms. The first-order chi connectivity index (χ1) is 13.5. The maximum Gasteiger partial charge on any atom is 0.252 e. The van der Waals surface area contributed by atoms with Gasteiger partial charge in [0, 0.05) is 30.7 Å². The van der Waals surface area contributed by atoms with Gasteiger partial charge in [0.2, 0.25) is 0 Å². The zero-order chi connectivity index (χ0) is 20.1. The van der Waals surface area contributed by atoms with Crippen LogP contribution in [0.1, 0.15) is 10.4 Å². The smallest absolute Gasteiger partial charge is 0.252 e. The molecular formula is C20H21N3O4S. The number of rotatable bonds is 7. The molecule has 3 N–H and O–H groups in total. The lowest BCUT2D eigenvalue weighted by Crippen LogP contribution is -2.18. The number of benzene rings is 2. The van der Waals surface area contributed by atoms with Gasteiger partial charge in [-0.1, -0.05) is 6.07 Å². The average molecular weight is 399 g/mol. The van der Waals surface area contributed by atoms with Crippen LogP contribution in [-0.4, -0.2) is 36.4 Å². The van der Waals surface area contributed by atoms with Gasteiger partial charge in [-0.25, -0.2) is 4.99 Å². The molecule has 0 fully saturated rings. The van der Waals surface area contributed by atoms with E-state index >= 15 is 0 Å². The van der Waals surface area contributed by atoms with Gasteiger partial charge >= 0.3 is 0 Å². The van der Waals surface area contributed by atoms with Gasteiger partial charge in [0.1, 0.15) is 11.5 Å². The van der Waals surface area contributed by atoms with Gasteiger partial charge in [-0.3, -0.25) is 4.79 Å². The molecule has 0 radical (unpaired) electrons. The molecule has 0 saturated carbocycles. The fourth-order valence-corrected chi connectivity index (χ4v) is 3.69. The number of nitrogens with zero attached hydrogens (tertiary/aromatic N) is 2. The summed E-state index contributed by atoms with van der Waals surface area (Å²) in [7, 11) is 3.25. The zero-order valence-corrected chi connectivity index (χ0v) is 16.4. The second-order valence-corrected chi connectivity index (χ2v) is 6.79. The molecule has 0 unspecified atom stereocenters. The van der Waals surface area contributed by atoms with Crippen molar-refractivity contribution in [2.75, 3.05) is 20.8 Å². The van der Waals surface area contributed by atoms with Gasteiger partial charge in [-0.15, -0.1) is 11.3 Å². The van der Waals surface area contributed by atoms with E-state index in [4.69, 9.17) is 20.2 Å². The Labute approximate surface area is 166 Å². The van der Waals surface area contributed by atoms with Gasteiger partial charge in [0.15, 0.2) is 4.80 Å². The summed E-state index contributed by atoms with van der Waals surface area (Å²) in [5.74, 6) is -0.0957. The summed E-state index contributed by atoms with van der Waals surface area (Å²) in [6.45, 7) is 1.07. The minimum atomic E-state index is -0.681. The molecule has 1 aromatic heterocycles. The number of primary amides is 1. The molecule has 0 spiro atoms. The lowest BCUT2D eigenvalue weighted by atomic mass is 10.1. The van der Waals surface area contributed by atoms with Gasteiger partial charge in [-0.2, -0.15) is 0 Å². The van der Waals surface area contributed by atoms with Crippen LogP contribution in [0, 0.1) is 0 Å². The number of phenols is 1. The molecule has 0 atom stereocenters. The Balaban J connectivity index is 2.12. The number of hydrogen-bond donors (Lipinski definition) is 2. The van der Waals surface area contributed by atoms with Crippen molar-refractivity contribution in [3.63, 3.8) is 0 Å². The van der Waals surface area contributed by atoms with Gasteiger partial charge in [0.25, 0.3) is 5.91 Å². The van der Waals surface area contributed by atoms with Crippen molar-refractivity contribution >= 4 is 22.9 Å². The SMILES string of the molecule is COCCn1c(-c2ccc(O)c(C(N)=O)c2)csc1=Nc1cccc(OC)c1. The van der Waals surface area contributed by atoms with E-state index in [2.05, 4.69) is 0 Å². The molecule has 1 heterocycles. The average Bonchev–Trinajstić information content (AvgIpc) is 3.09. The van der Waals surface area contributed by atoms with Crippen LogP contribution in [0.4, 0.5) is 5.69 Å². The van der Waals surface area contributed by atoms with Crippen molar-refractivity contribution < 1.29 is 19.4 Å². The van der Waals surface area contributed by atoms with Crippen LogP contribution in [-0.2, 0) is 11.3 Å². The first-order valence-corrected chi connectivity index (χ1v) is 9.40. The maximum absolute atomic E-state index is 11.6. The molecule has 2 aromatic carbocycles. The normalized spacial score (nSPS) is 11.6. The van der Waals surface area contributed by atoms with E-state index in [1.165, 1.54) is 17.4 Å². The second kappa shape index (κ2) is 8.73. The van der Waals surface area contributed by atoms with Gasteiger partial charge in [0.05, 0.1) is 30.7 Å². The summed E-state index contributed by atoms with van der Waals surface area (Å²) in [5.41, 5.74) is 7.81. The fourth-order valence-electron chi connectivity index (χ4n) is 2.73. The number of carbonyl (C=O) groups excluding carboxylic acids is 1. The Morgan fingerprint density at radius 1 is 1.25 bits per heavy atom. The minimum Gasteiger partial charge on any atom is -0.507 e. The molecule has 1 amide bonds. The van der Waals surface area contributed by atoms with E-state index in [9.17, 15) is 9.90 Å². The van der Waals surface area contributed by atoms with Crippen LogP contribution in [0.25, 0.3) is 11.3 Å². The number of hydrogen-bond acceptors (Lipinski definition) is 6. The van der Waals surface area contributed by atoms with E-state index in [0.29, 0.717) is 13.2 Å².